The summed E-state index contributed by atoms with van der Waals surface area (Å²) in [4.78, 5) is 0. The van der Waals surface area contributed by atoms with Gasteiger partial charge in [-0.25, -0.2) is 0 Å². The van der Waals surface area contributed by atoms with E-state index in [9.17, 15) is 5.11 Å². The van der Waals surface area contributed by atoms with Gasteiger partial charge < -0.3 is 10.4 Å². The van der Waals surface area contributed by atoms with Crippen LogP contribution in [0, 0.1) is 5.92 Å². The molecule has 0 heterocycles. The summed E-state index contributed by atoms with van der Waals surface area (Å²) < 4.78 is 0. The van der Waals surface area contributed by atoms with Crippen molar-refractivity contribution in [1.29, 1.82) is 0 Å². The summed E-state index contributed by atoms with van der Waals surface area (Å²) in [6, 6.07) is 0.680. The minimum atomic E-state index is -0.374. The molecule has 0 aromatic heterocycles. The van der Waals surface area contributed by atoms with Crippen LogP contribution < -0.4 is 5.32 Å². The fourth-order valence-corrected chi connectivity index (χ4v) is 2.84. The molecule has 0 saturated heterocycles. The summed E-state index contributed by atoms with van der Waals surface area (Å²) in [5, 5.41) is 13.9. The van der Waals surface area contributed by atoms with Crippen LogP contribution in [0.15, 0.2) is 0 Å². The molecule has 2 fully saturated rings. The van der Waals surface area contributed by atoms with Gasteiger partial charge in [-0.3, -0.25) is 0 Å². The predicted molar refractivity (Wildman–Crippen MR) is 62.8 cm³/mol. The van der Waals surface area contributed by atoms with E-state index in [0.717, 1.165) is 25.3 Å². The standard InChI is InChI=1S/C13H25NO/c1-2-5-12(11-6-7-11)14-10-13(15)8-3-4-9-13/h11-12,14-15H,2-10H2,1H3. The quantitative estimate of drug-likeness (QED) is 0.707. The van der Waals surface area contributed by atoms with Crippen molar-refractivity contribution in [1.82, 2.24) is 5.32 Å². The van der Waals surface area contributed by atoms with Gasteiger partial charge in [-0.1, -0.05) is 26.2 Å². The van der Waals surface area contributed by atoms with Gasteiger partial charge in [-0.2, -0.15) is 0 Å². The van der Waals surface area contributed by atoms with Gasteiger partial charge in [0.25, 0.3) is 0 Å². The second-order valence-corrected chi connectivity index (χ2v) is 5.54. The lowest BCUT2D eigenvalue weighted by atomic mass is 10.0. The third kappa shape index (κ3) is 3.18. The van der Waals surface area contributed by atoms with Crippen LogP contribution >= 0.6 is 0 Å². The van der Waals surface area contributed by atoms with Crippen molar-refractivity contribution in [3.63, 3.8) is 0 Å². The topological polar surface area (TPSA) is 32.3 Å². The molecule has 0 bridgehead atoms. The zero-order valence-corrected chi connectivity index (χ0v) is 9.97. The Morgan fingerprint density at radius 2 is 2.00 bits per heavy atom. The Balaban J connectivity index is 1.74. The Morgan fingerprint density at radius 1 is 1.33 bits per heavy atom. The zero-order chi connectivity index (χ0) is 10.7. The van der Waals surface area contributed by atoms with Gasteiger partial charge in [0.05, 0.1) is 5.60 Å². The van der Waals surface area contributed by atoms with Crippen LogP contribution in [-0.4, -0.2) is 23.3 Å². The average Bonchev–Trinajstić information content (AvgIpc) is 2.97. The van der Waals surface area contributed by atoms with E-state index in [0.29, 0.717) is 6.04 Å². The fourth-order valence-electron chi connectivity index (χ4n) is 2.84. The zero-order valence-electron chi connectivity index (χ0n) is 9.97. The normalized spacial score (nSPS) is 26.8. The molecule has 0 aromatic carbocycles. The Hall–Kier alpha value is -0.0800. The van der Waals surface area contributed by atoms with Gasteiger partial charge in [0, 0.05) is 12.6 Å². The molecule has 2 heteroatoms. The van der Waals surface area contributed by atoms with Crippen LogP contribution in [0.2, 0.25) is 0 Å². The van der Waals surface area contributed by atoms with Crippen molar-refractivity contribution in [3.8, 4) is 0 Å². The van der Waals surface area contributed by atoms with Crippen molar-refractivity contribution in [2.24, 2.45) is 5.92 Å². The monoisotopic (exact) mass is 211 g/mol. The average molecular weight is 211 g/mol. The summed E-state index contributed by atoms with van der Waals surface area (Å²) in [5.74, 6) is 0.912. The summed E-state index contributed by atoms with van der Waals surface area (Å²) in [6.07, 6.45) is 9.76. The molecule has 2 rings (SSSR count). The van der Waals surface area contributed by atoms with E-state index in [-0.39, 0.29) is 5.60 Å². The van der Waals surface area contributed by atoms with Crippen LogP contribution in [0.1, 0.15) is 58.3 Å². The summed E-state index contributed by atoms with van der Waals surface area (Å²) in [6.45, 7) is 3.08. The van der Waals surface area contributed by atoms with Crippen molar-refractivity contribution in [2.45, 2.75) is 69.9 Å². The molecule has 2 aliphatic rings. The highest BCUT2D eigenvalue weighted by atomic mass is 16.3. The summed E-state index contributed by atoms with van der Waals surface area (Å²) in [5.41, 5.74) is -0.374. The second-order valence-electron chi connectivity index (χ2n) is 5.54. The van der Waals surface area contributed by atoms with Crippen molar-refractivity contribution in [3.05, 3.63) is 0 Å². The van der Waals surface area contributed by atoms with Gasteiger partial charge in [-0.05, 0) is 38.0 Å². The van der Waals surface area contributed by atoms with Crippen LogP contribution in [0.3, 0.4) is 0 Å². The van der Waals surface area contributed by atoms with Crippen molar-refractivity contribution in [2.75, 3.05) is 6.54 Å². The SMILES string of the molecule is CCCC(NCC1(O)CCCC1)C1CC1. The largest absolute Gasteiger partial charge is 0.389 e. The lowest BCUT2D eigenvalue weighted by Crippen LogP contribution is -2.43. The highest BCUT2D eigenvalue weighted by Crippen LogP contribution is 2.35. The first-order valence-corrected chi connectivity index (χ1v) is 6.69. The minimum absolute atomic E-state index is 0.374. The third-order valence-corrected chi connectivity index (χ3v) is 4.02. The van der Waals surface area contributed by atoms with Crippen LogP contribution in [0.4, 0.5) is 0 Å². The molecule has 2 nitrogen and oxygen atoms in total. The molecular formula is C13H25NO. The molecule has 2 saturated carbocycles. The fraction of sp³-hybridized carbons (Fsp3) is 1.00. The van der Waals surface area contributed by atoms with E-state index in [1.807, 2.05) is 0 Å². The smallest absolute Gasteiger partial charge is 0.0771 e. The second kappa shape index (κ2) is 4.84. The van der Waals surface area contributed by atoms with Crippen LogP contribution in [0.5, 0.6) is 0 Å². The number of hydrogen-bond donors (Lipinski definition) is 2. The Kier molecular flexibility index (Phi) is 3.68. The molecule has 88 valence electrons. The number of nitrogens with one attached hydrogen (secondary N) is 1. The van der Waals surface area contributed by atoms with Gasteiger partial charge >= 0.3 is 0 Å². The van der Waals surface area contributed by atoms with Gasteiger partial charge in [0.2, 0.25) is 0 Å². The minimum Gasteiger partial charge on any atom is -0.389 e. The highest BCUT2D eigenvalue weighted by Gasteiger charge is 2.35. The molecule has 0 spiro atoms. The van der Waals surface area contributed by atoms with E-state index in [1.54, 1.807) is 0 Å². The summed E-state index contributed by atoms with van der Waals surface area (Å²) in [7, 11) is 0. The van der Waals surface area contributed by atoms with E-state index in [1.165, 1.54) is 38.5 Å². The van der Waals surface area contributed by atoms with Crippen molar-refractivity contribution >= 4 is 0 Å². The van der Waals surface area contributed by atoms with E-state index in [2.05, 4.69) is 12.2 Å². The highest BCUT2D eigenvalue weighted by molar-refractivity contribution is 4.91. The Bertz CT molecular complexity index is 195. The Morgan fingerprint density at radius 3 is 2.53 bits per heavy atom. The molecule has 2 N–H and O–H groups in total. The van der Waals surface area contributed by atoms with Crippen molar-refractivity contribution < 1.29 is 5.11 Å². The molecule has 0 aromatic rings. The molecule has 0 radical (unpaired) electrons. The lowest BCUT2D eigenvalue weighted by Gasteiger charge is -2.26. The lowest BCUT2D eigenvalue weighted by molar-refractivity contribution is 0.0437. The number of rotatable bonds is 6. The first kappa shape index (κ1) is 11.4. The van der Waals surface area contributed by atoms with Gasteiger partial charge in [0.1, 0.15) is 0 Å². The van der Waals surface area contributed by atoms with Crippen LogP contribution in [0.25, 0.3) is 0 Å². The molecule has 15 heavy (non-hydrogen) atoms. The molecule has 1 unspecified atom stereocenters. The van der Waals surface area contributed by atoms with E-state index >= 15 is 0 Å². The molecule has 1 atom stereocenters. The van der Waals surface area contributed by atoms with Gasteiger partial charge in [-0.15, -0.1) is 0 Å². The molecule has 0 amide bonds. The molecule has 0 aliphatic heterocycles. The number of hydrogen-bond acceptors (Lipinski definition) is 2. The number of aliphatic hydroxyl groups is 1. The first-order valence-electron chi connectivity index (χ1n) is 6.69. The third-order valence-electron chi connectivity index (χ3n) is 4.02. The maximum absolute atomic E-state index is 10.2. The van der Waals surface area contributed by atoms with E-state index < -0.39 is 0 Å². The van der Waals surface area contributed by atoms with E-state index in [4.69, 9.17) is 0 Å². The van der Waals surface area contributed by atoms with Gasteiger partial charge in [0.15, 0.2) is 0 Å². The maximum atomic E-state index is 10.2. The first-order chi connectivity index (χ1) is 7.23. The maximum Gasteiger partial charge on any atom is 0.0771 e. The molecular weight excluding hydrogens is 186 g/mol. The summed E-state index contributed by atoms with van der Waals surface area (Å²) >= 11 is 0. The molecule has 2 aliphatic carbocycles. The predicted octanol–water partition coefficient (Wildman–Crippen LogP) is 2.46. The van der Waals surface area contributed by atoms with Crippen LogP contribution in [-0.2, 0) is 0 Å². The Labute approximate surface area is 93.5 Å².